The lowest BCUT2D eigenvalue weighted by molar-refractivity contribution is 0.0815. The maximum absolute atomic E-state index is 12.4. The Morgan fingerprint density at radius 1 is 1.17 bits per heavy atom. The second-order valence-corrected chi connectivity index (χ2v) is 5.07. The summed E-state index contributed by atoms with van der Waals surface area (Å²) in [5.74, 6) is -0.720. The van der Waals surface area contributed by atoms with Gasteiger partial charge < -0.3 is 15.2 Å². The van der Waals surface area contributed by atoms with Crippen molar-refractivity contribution >= 4 is 22.4 Å². The van der Waals surface area contributed by atoms with Crippen molar-refractivity contribution in [2.75, 3.05) is 0 Å². The highest BCUT2D eigenvalue weighted by molar-refractivity contribution is 6.16. The zero-order chi connectivity index (χ0) is 13.1. The van der Waals surface area contributed by atoms with Crippen LogP contribution in [0.2, 0.25) is 0 Å². The normalized spacial score (nSPS) is 18.2. The first kappa shape index (κ1) is 10.9. The molecular weight excluding hydrogens is 230 g/mol. The fourth-order valence-corrected chi connectivity index (χ4v) is 2.39. The van der Waals surface area contributed by atoms with Crippen LogP contribution in [0.1, 0.15) is 29.9 Å². The quantitative estimate of drug-likeness (QED) is 0.665. The second kappa shape index (κ2) is 3.16. The molecule has 92 valence electrons. The Morgan fingerprint density at radius 2 is 1.83 bits per heavy atom. The van der Waals surface area contributed by atoms with Crippen LogP contribution < -0.4 is 0 Å². The molecule has 18 heavy (non-hydrogen) atoms. The summed E-state index contributed by atoms with van der Waals surface area (Å²) in [5.41, 5.74) is 0.430. The van der Waals surface area contributed by atoms with Gasteiger partial charge in [-0.2, -0.15) is 0 Å². The highest BCUT2D eigenvalue weighted by Gasteiger charge is 2.43. The Labute approximate surface area is 104 Å². The van der Waals surface area contributed by atoms with Gasteiger partial charge in [-0.3, -0.25) is 4.79 Å². The zero-order valence-corrected chi connectivity index (χ0v) is 10.1. The fourth-order valence-electron chi connectivity index (χ4n) is 2.39. The third-order valence-corrected chi connectivity index (χ3v) is 3.55. The smallest absolute Gasteiger partial charge is 0.179 e. The van der Waals surface area contributed by atoms with E-state index in [-0.39, 0.29) is 17.3 Å². The number of hydrogen-bond acceptors (Lipinski definition) is 3. The molecular formula is C14H13NO3. The summed E-state index contributed by atoms with van der Waals surface area (Å²) in [6.45, 7) is 3.21. The van der Waals surface area contributed by atoms with E-state index in [1.807, 2.05) is 24.3 Å². The number of rotatable bonds is 0. The van der Waals surface area contributed by atoms with Crippen LogP contribution in [0.4, 0.5) is 0 Å². The standard InChI is InChI=1S/C14H13NO3/c1-14(2)12(17)9-7-5-3-4-6-8(7)15-10(9)11(16)13(14)18/h3-6,15-16,18H,1-2H3. The molecule has 0 saturated heterocycles. The number of H-pyrrole nitrogens is 1. The van der Waals surface area contributed by atoms with E-state index in [4.69, 9.17) is 0 Å². The van der Waals surface area contributed by atoms with Gasteiger partial charge in [-0.05, 0) is 19.9 Å². The van der Waals surface area contributed by atoms with Gasteiger partial charge in [-0.25, -0.2) is 0 Å². The lowest BCUT2D eigenvalue weighted by atomic mass is 9.77. The molecule has 0 unspecified atom stereocenters. The molecule has 1 heterocycles. The average Bonchev–Trinajstić information content (AvgIpc) is 2.73. The SMILES string of the molecule is CC1(C)C(=O)c2c([nH]c3ccccc23)C(O)=C1O. The molecule has 2 aromatic rings. The van der Waals surface area contributed by atoms with Crippen molar-refractivity contribution in [3.05, 3.63) is 41.3 Å². The molecule has 4 heteroatoms. The molecule has 1 aromatic heterocycles. The van der Waals surface area contributed by atoms with Gasteiger partial charge >= 0.3 is 0 Å². The van der Waals surface area contributed by atoms with Crippen LogP contribution in [0.25, 0.3) is 16.7 Å². The Balaban J connectivity index is 2.46. The number of aromatic amines is 1. The maximum atomic E-state index is 12.4. The van der Waals surface area contributed by atoms with Crippen LogP contribution in [0.15, 0.2) is 30.0 Å². The highest BCUT2D eigenvalue weighted by atomic mass is 16.3. The van der Waals surface area contributed by atoms with E-state index in [0.29, 0.717) is 11.3 Å². The number of aliphatic hydroxyl groups excluding tert-OH is 2. The fraction of sp³-hybridized carbons (Fsp3) is 0.214. The summed E-state index contributed by atoms with van der Waals surface area (Å²) < 4.78 is 0. The molecule has 0 amide bonds. The van der Waals surface area contributed by atoms with Crippen LogP contribution in [0, 0.1) is 5.41 Å². The summed E-state index contributed by atoms with van der Waals surface area (Å²) in [6, 6.07) is 7.35. The number of hydrogen-bond donors (Lipinski definition) is 3. The van der Waals surface area contributed by atoms with Crippen molar-refractivity contribution in [1.29, 1.82) is 0 Å². The van der Waals surface area contributed by atoms with E-state index in [9.17, 15) is 15.0 Å². The van der Waals surface area contributed by atoms with E-state index in [1.165, 1.54) is 0 Å². The van der Waals surface area contributed by atoms with E-state index in [1.54, 1.807) is 13.8 Å². The minimum atomic E-state index is -1.10. The number of aliphatic hydroxyl groups is 2. The van der Waals surface area contributed by atoms with Gasteiger partial charge in [-0.1, -0.05) is 18.2 Å². The van der Waals surface area contributed by atoms with Crippen molar-refractivity contribution < 1.29 is 15.0 Å². The van der Waals surface area contributed by atoms with Gasteiger partial charge in [0.05, 0.1) is 16.7 Å². The molecule has 0 aliphatic heterocycles. The first-order chi connectivity index (χ1) is 8.44. The van der Waals surface area contributed by atoms with Gasteiger partial charge in [-0.15, -0.1) is 0 Å². The van der Waals surface area contributed by atoms with Crippen LogP contribution in [-0.2, 0) is 0 Å². The molecule has 0 atom stereocenters. The average molecular weight is 243 g/mol. The Morgan fingerprint density at radius 3 is 2.56 bits per heavy atom. The van der Waals surface area contributed by atoms with Crippen molar-refractivity contribution in [2.45, 2.75) is 13.8 Å². The minimum absolute atomic E-state index is 0.190. The van der Waals surface area contributed by atoms with Crippen LogP contribution in [0.3, 0.4) is 0 Å². The molecule has 0 saturated carbocycles. The van der Waals surface area contributed by atoms with E-state index < -0.39 is 5.41 Å². The van der Waals surface area contributed by atoms with Crippen molar-refractivity contribution in [3.8, 4) is 0 Å². The number of benzene rings is 1. The molecule has 0 radical (unpaired) electrons. The first-order valence-corrected chi connectivity index (χ1v) is 5.73. The lowest BCUT2D eigenvalue weighted by Crippen LogP contribution is -2.31. The molecule has 4 nitrogen and oxygen atoms in total. The number of para-hydroxylation sites is 1. The number of fused-ring (bicyclic) bond motifs is 3. The molecule has 1 aromatic carbocycles. The second-order valence-electron chi connectivity index (χ2n) is 5.07. The van der Waals surface area contributed by atoms with Gasteiger partial charge in [0.15, 0.2) is 11.5 Å². The Hall–Kier alpha value is -2.23. The van der Waals surface area contributed by atoms with Crippen LogP contribution in [0.5, 0.6) is 0 Å². The Kier molecular flexibility index (Phi) is 1.91. The number of carbonyl (C=O) groups excluding carboxylic acids is 1. The first-order valence-electron chi connectivity index (χ1n) is 5.73. The van der Waals surface area contributed by atoms with E-state index in [0.717, 1.165) is 10.9 Å². The number of ketones is 1. The molecule has 1 aliphatic rings. The summed E-state index contributed by atoms with van der Waals surface area (Å²) >= 11 is 0. The van der Waals surface area contributed by atoms with Crippen molar-refractivity contribution in [1.82, 2.24) is 4.98 Å². The van der Waals surface area contributed by atoms with Crippen molar-refractivity contribution in [2.24, 2.45) is 5.41 Å². The predicted molar refractivity (Wildman–Crippen MR) is 68.6 cm³/mol. The summed E-state index contributed by atoms with van der Waals surface area (Å²) in [5, 5.41) is 20.7. The maximum Gasteiger partial charge on any atom is 0.179 e. The van der Waals surface area contributed by atoms with Gasteiger partial charge in [0.2, 0.25) is 0 Å². The summed E-state index contributed by atoms with van der Waals surface area (Å²) in [7, 11) is 0. The third-order valence-electron chi connectivity index (χ3n) is 3.55. The van der Waals surface area contributed by atoms with Gasteiger partial charge in [0, 0.05) is 10.9 Å². The van der Waals surface area contributed by atoms with E-state index >= 15 is 0 Å². The number of carbonyl (C=O) groups is 1. The lowest BCUT2D eigenvalue weighted by Gasteiger charge is -2.27. The monoisotopic (exact) mass is 243 g/mol. The number of aromatic nitrogens is 1. The van der Waals surface area contributed by atoms with Crippen LogP contribution in [-0.4, -0.2) is 21.0 Å². The molecule has 3 N–H and O–H groups in total. The van der Waals surface area contributed by atoms with Gasteiger partial charge in [0.25, 0.3) is 0 Å². The molecule has 0 bridgehead atoms. The van der Waals surface area contributed by atoms with E-state index in [2.05, 4.69) is 4.98 Å². The minimum Gasteiger partial charge on any atom is -0.507 e. The van der Waals surface area contributed by atoms with Crippen LogP contribution >= 0.6 is 0 Å². The number of nitrogens with one attached hydrogen (secondary N) is 1. The Bertz CT molecular complexity index is 707. The summed E-state index contributed by atoms with van der Waals surface area (Å²) in [6.07, 6.45) is 0. The number of Topliss-reactive ketones (excluding diaryl/α,β-unsaturated/α-hetero) is 1. The highest BCUT2D eigenvalue weighted by Crippen LogP contribution is 2.42. The topological polar surface area (TPSA) is 73.3 Å². The predicted octanol–water partition coefficient (Wildman–Crippen LogP) is 3.18. The zero-order valence-electron chi connectivity index (χ0n) is 10.1. The third kappa shape index (κ3) is 1.12. The molecule has 1 aliphatic carbocycles. The molecule has 0 spiro atoms. The summed E-state index contributed by atoms with van der Waals surface area (Å²) in [4.78, 5) is 15.4. The molecule has 0 fully saturated rings. The number of allylic oxidation sites excluding steroid dienone is 1. The molecule has 3 rings (SSSR count). The van der Waals surface area contributed by atoms with Crippen molar-refractivity contribution in [3.63, 3.8) is 0 Å². The van der Waals surface area contributed by atoms with Gasteiger partial charge in [0.1, 0.15) is 5.76 Å². The largest absolute Gasteiger partial charge is 0.507 e.